The number of nitrogens with one attached hydrogen (secondary N) is 2. The van der Waals surface area contributed by atoms with E-state index in [2.05, 4.69) is 42.5 Å². The smallest absolute Gasteiger partial charge is 0.323 e. The molecule has 2 aromatic rings. The summed E-state index contributed by atoms with van der Waals surface area (Å²) in [6.07, 6.45) is 0. The molecule has 114 valence electrons. The Labute approximate surface area is 148 Å². The largest absolute Gasteiger partial charge is 0.366 e. The van der Waals surface area contributed by atoms with E-state index in [-0.39, 0.29) is 11.3 Å². The fourth-order valence-corrected chi connectivity index (χ4v) is 3.21. The highest BCUT2D eigenvalue weighted by Crippen LogP contribution is 2.24. The summed E-state index contributed by atoms with van der Waals surface area (Å²) < 4.78 is 1.61. The van der Waals surface area contributed by atoms with E-state index >= 15 is 0 Å². The van der Waals surface area contributed by atoms with Gasteiger partial charge in [0.05, 0.1) is 11.3 Å². The van der Waals surface area contributed by atoms with Gasteiger partial charge in [-0.25, -0.2) is 4.79 Å². The number of amides is 3. The molecular weight excluding hydrogens is 437 g/mol. The first kappa shape index (κ1) is 16.8. The average molecular weight is 448 g/mol. The summed E-state index contributed by atoms with van der Waals surface area (Å²) in [5, 5.41) is 5.59. The second kappa shape index (κ2) is 7.13. The lowest BCUT2D eigenvalue weighted by molar-refractivity contribution is 0.100. The third-order valence-electron chi connectivity index (χ3n) is 2.62. The number of carbonyl (C=O) groups is 2. The number of benzene rings is 2. The second-order valence-electron chi connectivity index (χ2n) is 4.29. The highest BCUT2D eigenvalue weighted by atomic mass is 79.9. The molecule has 4 N–H and O–H groups in total. The van der Waals surface area contributed by atoms with Gasteiger partial charge < -0.3 is 16.4 Å². The Kier molecular flexibility index (Phi) is 5.44. The first-order valence-corrected chi connectivity index (χ1v) is 7.95. The van der Waals surface area contributed by atoms with Crippen molar-refractivity contribution in [2.75, 3.05) is 10.6 Å². The number of anilines is 2. The molecule has 0 saturated heterocycles. The quantitative estimate of drug-likeness (QED) is 0.642. The van der Waals surface area contributed by atoms with Crippen molar-refractivity contribution in [2.45, 2.75) is 0 Å². The Hall–Kier alpha value is -1.57. The van der Waals surface area contributed by atoms with Gasteiger partial charge in [0.2, 0.25) is 0 Å². The van der Waals surface area contributed by atoms with Gasteiger partial charge in [-0.05, 0) is 36.4 Å². The van der Waals surface area contributed by atoms with Crippen molar-refractivity contribution in [3.63, 3.8) is 0 Å². The summed E-state index contributed by atoms with van der Waals surface area (Å²) >= 11 is 12.5. The van der Waals surface area contributed by atoms with E-state index in [0.29, 0.717) is 10.7 Å². The number of primary amides is 1. The minimum absolute atomic E-state index is 0.176. The van der Waals surface area contributed by atoms with Crippen LogP contribution in [0.3, 0.4) is 0 Å². The molecule has 0 unspecified atom stereocenters. The third kappa shape index (κ3) is 4.46. The lowest BCUT2D eigenvalue weighted by Gasteiger charge is -2.11. The first-order valence-electron chi connectivity index (χ1n) is 5.98. The molecule has 0 heterocycles. The lowest BCUT2D eigenvalue weighted by Crippen LogP contribution is -2.22. The molecule has 3 amide bonds. The van der Waals surface area contributed by atoms with Crippen LogP contribution in [0.15, 0.2) is 45.3 Å². The highest BCUT2D eigenvalue weighted by molar-refractivity contribution is 9.11. The molecule has 0 radical (unpaired) electrons. The SMILES string of the molecule is NC(=O)c1ccc(Cl)cc1NC(=O)Nc1cc(Br)cc(Br)c1. The maximum Gasteiger partial charge on any atom is 0.323 e. The molecule has 0 aromatic heterocycles. The molecule has 2 aromatic carbocycles. The van der Waals surface area contributed by atoms with Crippen molar-refractivity contribution in [3.8, 4) is 0 Å². The second-order valence-corrected chi connectivity index (χ2v) is 6.56. The van der Waals surface area contributed by atoms with E-state index in [9.17, 15) is 9.59 Å². The maximum absolute atomic E-state index is 12.0. The standard InChI is InChI=1S/C14H10Br2ClN3O2/c15-7-3-8(16)5-10(4-7)19-14(22)20-12-6-9(17)1-2-11(12)13(18)21/h1-6H,(H2,18,21)(H2,19,20,22). The van der Waals surface area contributed by atoms with Crippen molar-refractivity contribution in [1.82, 2.24) is 0 Å². The highest BCUT2D eigenvalue weighted by Gasteiger charge is 2.12. The van der Waals surface area contributed by atoms with Gasteiger partial charge in [-0.2, -0.15) is 0 Å². The van der Waals surface area contributed by atoms with Crippen molar-refractivity contribution in [3.05, 3.63) is 55.9 Å². The van der Waals surface area contributed by atoms with Gasteiger partial charge >= 0.3 is 6.03 Å². The van der Waals surface area contributed by atoms with Crippen LogP contribution in [0.1, 0.15) is 10.4 Å². The number of hydrogen-bond acceptors (Lipinski definition) is 2. The summed E-state index contributed by atoms with van der Waals surface area (Å²) in [5.41, 5.74) is 6.26. The molecule has 0 aliphatic heterocycles. The summed E-state index contributed by atoms with van der Waals surface area (Å²) in [4.78, 5) is 23.4. The number of hydrogen-bond donors (Lipinski definition) is 3. The number of halogens is 3. The molecule has 0 aliphatic carbocycles. The molecular formula is C14H10Br2ClN3O2. The summed E-state index contributed by atoms with van der Waals surface area (Å²) in [6.45, 7) is 0. The van der Waals surface area contributed by atoms with Crippen molar-refractivity contribution >= 4 is 66.8 Å². The van der Waals surface area contributed by atoms with Crippen LogP contribution < -0.4 is 16.4 Å². The Morgan fingerprint density at radius 3 is 2.23 bits per heavy atom. The molecule has 22 heavy (non-hydrogen) atoms. The number of carbonyl (C=O) groups excluding carboxylic acids is 2. The van der Waals surface area contributed by atoms with Crippen LogP contribution in [0.4, 0.5) is 16.2 Å². The van der Waals surface area contributed by atoms with Crippen LogP contribution in [-0.2, 0) is 0 Å². The zero-order valence-electron chi connectivity index (χ0n) is 11.0. The van der Waals surface area contributed by atoms with Crippen LogP contribution in [0, 0.1) is 0 Å². The first-order chi connectivity index (χ1) is 10.3. The van der Waals surface area contributed by atoms with Crippen LogP contribution in [0.2, 0.25) is 5.02 Å². The van der Waals surface area contributed by atoms with Crippen molar-refractivity contribution in [1.29, 1.82) is 0 Å². The van der Waals surface area contributed by atoms with Crippen LogP contribution in [0.25, 0.3) is 0 Å². The van der Waals surface area contributed by atoms with E-state index in [1.165, 1.54) is 18.2 Å². The summed E-state index contributed by atoms with van der Waals surface area (Å²) in [5.74, 6) is -0.655. The Morgan fingerprint density at radius 2 is 1.64 bits per heavy atom. The Balaban J connectivity index is 2.18. The summed E-state index contributed by atoms with van der Waals surface area (Å²) in [7, 11) is 0. The minimum Gasteiger partial charge on any atom is -0.366 e. The van der Waals surface area contributed by atoms with Gasteiger partial charge in [0.1, 0.15) is 0 Å². The van der Waals surface area contributed by atoms with Crippen molar-refractivity contribution in [2.24, 2.45) is 5.73 Å². The molecule has 2 rings (SSSR count). The van der Waals surface area contributed by atoms with E-state index in [1.54, 1.807) is 12.1 Å². The van der Waals surface area contributed by atoms with E-state index in [1.807, 2.05) is 6.07 Å². The van der Waals surface area contributed by atoms with Gasteiger partial charge in [0.25, 0.3) is 5.91 Å². The van der Waals surface area contributed by atoms with Gasteiger partial charge in [0.15, 0.2) is 0 Å². The lowest BCUT2D eigenvalue weighted by atomic mass is 10.1. The molecule has 8 heteroatoms. The zero-order chi connectivity index (χ0) is 16.3. The fourth-order valence-electron chi connectivity index (χ4n) is 1.75. The number of rotatable bonds is 3. The molecule has 0 bridgehead atoms. The fraction of sp³-hybridized carbons (Fsp3) is 0. The molecule has 0 fully saturated rings. The van der Waals surface area contributed by atoms with E-state index in [0.717, 1.165) is 8.95 Å². The maximum atomic E-state index is 12.0. The minimum atomic E-state index is -0.655. The predicted octanol–water partition coefficient (Wildman–Crippen LogP) is 4.61. The summed E-state index contributed by atoms with van der Waals surface area (Å²) in [6, 6.07) is 9.22. The van der Waals surface area contributed by atoms with Crippen LogP contribution in [-0.4, -0.2) is 11.9 Å². The molecule has 5 nitrogen and oxygen atoms in total. The Morgan fingerprint density at radius 1 is 1.00 bits per heavy atom. The normalized spacial score (nSPS) is 10.1. The topological polar surface area (TPSA) is 84.2 Å². The third-order valence-corrected chi connectivity index (χ3v) is 3.77. The monoisotopic (exact) mass is 445 g/mol. The van der Waals surface area contributed by atoms with Crippen LogP contribution in [0.5, 0.6) is 0 Å². The molecule has 0 aliphatic rings. The average Bonchev–Trinajstić information content (AvgIpc) is 2.36. The van der Waals surface area contributed by atoms with E-state index in [4.69, 9.17) is 17.3 Å². The Bertz CT molecular complexity index is 733. The molecule has 0 saturated carbocycles. The zero-order valence-corrected chi connectivity index (χ0v) is 14.9. The molecule has 0 atom stereocenters. The van der Waals surface area contributed by atoms with Crippen LogP contribution >= 0.6 is 43.5 Å². The van der Waals surface area contributed by atoms with Gasteiger partial charge in [-0.1, -0.05) is 43.5 Å². The predicted molar refractivity (Wildman–Crippen MR) is 94.5 cm³/mol. The van der Waals surface area contributed by atoms with Gasteiger partial charge in [-0.15, -0.1) is 0 Å². The van der Waals surface area contributed by atoms with Crippen molar-refractivity contribution < 1.29 is 9.59 Å². The molecule has 0 spiro atoms. The number of urea groups is 1. The number of nitrogens with two attached hydrogens (primary N) is 1. The van der Waals surface area contributed by atoms with E-state index < -0.39 is 11.9 Å². The van der Waals surface area contributed by atoms with Gasteiger partial charge in [-0.3, -0.25) is 4.79 Å². The van der Waals surface area contributed by atoms with Gasteiger partial charge in [0, 0.05) is 19.7 Å².